The molecule has 0 heterocycles. The van der Waals surface area contributed by atoms with Gasteiger partial charge in [-0.1, -0.05) is 0 Å². The lowest BCUT2D eigenvalue weighted by Crippen LogP contribution is -2.25. The van der Waals surface area contributed by atoms with Crippen molar-refractivity contribution in [2.45, 2.75) is 18.2 Å². The van der Waals surface area contributed by atoms with Gasteiger partial charge in [0.2, 0.25) is 10.0 Å². The zero-order valence-electron chi connectivity index (χ0n) is 17.5. The molecule has 0 atom stereocenters. The fraction of sp³-hybridized carbons (Fsp3) is 0.300. The maximum absolute atomic E-state index is 12.5. The number of hydrogen-bond acceptors (Lipinski definition) is 8. The van der Waals surface area contributed by atoms with Gasteiger partial charge in [-0.15, -0.1) is 0 Å². The summed E-state index contributed by atoms with van der Waals surface area (Å²) >= 11 is 0. The van der Waals surface area contributed by atoms with E-state index in [4.69, 9.17) is 4.74 Å². The molecule has 2 N–H and O–H groups in total. The van der Waals surface area contributed by atoms with Gasteiger partial charge in [-0.3, -0.25) is 14.9 Å². The SMILES string of the molecule is CCOCCCNS(=O)(=O)c1ccc(NC(=O)c2cc(C(=O)OC)cc([N+](=O)[O-])c2)cc1. The first-order valence-corrected chi connectivity index (χ1v) is 11.0. The van der Waals surface area contributed by atoms with E-state index in [-0.39, 0.29) is 28.3 Å². The lowest BCUT2D eigenvalue weighted by atomic mass is 10.1. The van der Waals surface area contributed by atoms with Crippen LogP contribution in [0.1, 0.15) is 34.1 Å². The number of rotatable bonds is 11. The smallest absolute Gasteiger partial charge is 0.338 e. The summed E-state index contributed by atoms with van der Waals surface area (Å²) in [7, 11) is -2.61. The van der Waals surface area contributed by atoms with Gasteiger partial charge >= 0.3 is 5.97 Å². The topological polar surface area (TPSA) is 154 Å². The number of hydrogen-bond donors (Lipinski definition) is 2. The molecule has 0 aliphatic rings. The summed E-state index contributed by atoms with van der Waals surface area (Å²) < 4.78 is 36.8. The predicted molar refractivity (Wildman–Crippen MR) is 115 cm³/mol. The number of carbonyl (C=O) groups is 2. The summed E-state index contributed by atoms with van der Waals surface area (Å²) in [4.78, 5) is 34.7. The second kappa shape index (κ2) is 11.3. The monoisotopic (exact) mass is 465 g/mol. The van der Waals surface area contributed by atoms with E-state index in [2.05, 4.69) is 14.8 Å². The normalized spacial score (nSPS) is 11.1. The van der Waals surface area contributed by atoms with Crippen molar-refractivity contribution in [1.29, 1.82) is 0 Å². The maximum Gasteiger partial charge on any atom is 0.338 e. The molecule has 32 heavy (non-hydrogen) atoms. The summed E-state index contributed by atoms with van der Waals surface area (Å²) in [5.41, 5.74) is -0.470. The number of ether oxygens (including phenoxy) is 2. The van der Waals surface area contributed by atoms with E-state index in [9.17, 15) is 28.1 Å². The van der Waals surface area contributed by atoms with Gasteiger partial charge in [-0.05, 0) is 43.7 Å². The predicted octanol–water partition coefficient (Wildman–Crippen LogP) is 2.34. The highest BCUT2D eigenvalue weighted by Crippen LogP contribution is 2.20. The fourth-order valence-corrected chi connectivity index (χ4v) is 3.69. The van der Waals surface area contributed by atoms with Crippen LogP contribution in [0.2, 0.25) is 0 Å². The molecule has 0 saturated heterocycles. The Balaban J connectivity index is 2.12. The van der Waals surface area contributed by atoms with Crippen LogP contribution in [0.3, 0.4) is 0 Å². The minimum absolute atomic E-state index is 0.00948. The van der Waals surface area contributed by atoms with Crippen molar-refractivity contribution in [2.75, 3.05) is 32.2 Å². The standard InChI is InChI=1S/C20H23N3O8S/c1-3-31-10-4-9-21-32(28,29)18-7-5-16(6-8-18)22-19(24)14-11-15(20(25)30-2)13-17(12-14)23(26)27/h5-8,11-13,21H,3-4,9-10H2,1-2H3,(H,22,24). The molecule has 172 valence electrons. The Morgan fingerprint density at radius 1 is 1.09 bits per heavy atom. The number of esters is 1. The van der Waals surface area contributed by atoms with E-state index < -0.39 is 32.5 Å². The molecule has 0 aliphatic carbocycles. The lowest BCUT2D eigenvalue weighted by Gasteiger charge is -2.09. The van der Waals surface area contributed by atoms with E-state index in [1.165, 1.54) is 30.3 Å². The third kappa shape index (κ3) is 6.83. The Morgan fingerprint density at radius 2 is 1.75 bits per heavy atom. The largest absolute Gasteiger partial charge is 0.465 e. The van der Waals surface area contributed by atoms with Crippen LogP contribution in [-0.4, -0.2) is 52.1 Å². The first-order chi connectivity index (χ1) is 15.2. The molecular formula is C20H23N3O8S. The number of sulfonamides is 1. The van der Waals surface area contributed by atoms with Gasteiger partial charge in [0.25, 0.3) is 11.6 Å². The molecule has 0 bridgehead atoms. The number of nitro benzene ring substituents is 1. The fourth-order valence-electron chi connectivity index (χ4n) is 2.61. The van der Waals surface area contributed by atoms with Crippen molar-refractivity contribution < 1.29 is 32.4 Å². The summed E-state index contributed by atoms with van der Waals surface area (Å²) in [5, 5.41) is 13.6. The number of carbonyl (C=O) groups excluding carboxylic acids is 2. The molecule has 0 saturated carbocycles. The number of benzene rings is 2. The Bertz CT molecular complexity index is 1080. The van der Waals surface area contributed by atoms with Crippen molar-refractivity contribution in [3.8, 4) is 0 Å². The molecule has 0 unspecified atom stereocenters. The van der Waals surface area contributed by atoms with Crippen LogP contribution in [0.5, 0.6) is 0 Å². The second-order valence-corrected chi connectivity index (χ2v) is 8.21. The number of nitrogens with zero attached hydrogens (tertiary/aromatic N) is 1. The molecule has 1 amide bonds. The quantitative estimate of drug-likeness (QED) is 0.222. The van der Waals surface area contributed by atoms with Gasteiger partial charge in [0.05, 0.1) is 22.5 Å². The molecule has 2 aromatic carbocycles. The van der Waals surface area contributed by atoms with Crippen LogP contribution < -0.4 is 10.0 Å². The van der Waals surface area contributed by atoms with Crippen LogP contribution in [0.25, 0.3) is 0 Å². The average Bonchev–Trinajstić information content (AvgIpc) is 2.78. The van der Waals surface area contributed by atoms with Crippen molar-refractivity contribution in [3.05, 3.63) is 63.7 Å². The molecule has 0 spiro atoms. The molecule has 12 heteroatoms. The molecule has 2 aromatic rings. The Kier molecular flexibility index (Phi) is 8.81. The van der Waals surface area contributed by atoms with Gasteiger partial charge in [-0.25, -0.2) is 17.9 Å². The third-order valence-electron chi connectivity index (χ3n) is 4.20. The minimum atomic E-state index is -3.72. The van der Waals surface area contributed by atoms with Crippen LogP contribution in [-0.2, 0) is 19.5 Å². The molecule has 0 aliphatic heterocycles. The van der Waals surface area contributed by atoms with Crippen LogP contribution >= 0.6 is 0 Å². The zero-order valence-corrected chi connectivity index (χ0v) is 18.3. The first kappa shape index (κ1) is 24.9. The molecular weight excluding hydrogens is 442 g/mol. The number of non-ortho nitro benzene ring substituents is 1. The van der Waals surface area contributed by atoms with Gasteiger partial charge < -0.3 is 14.8 Å². The number of nitrogens with one attached hydrogen (secondary N) is 2. The molecule has 0 radical (unpaired) electrons. The summed E-state index contributed by atoms with van der Waals surface area (Å²) in [6.45, 7) is 3.07. The van der Waals surface area contributed by atoms with Gasteiger partial charge in [0.15, 0.2) is 0 Å². The number of anilines is 1. The Labute approximate surface area is 184 Å². The number of nitro groups is 1. The van der Waals surface area contributed by atoms with E-state index in [1.54, 1.807) is 0 Å². The summed E-state index contributed by atoms with van der Waals surface area (Å²) in [6.07, 6.45) is 0.526. The van der Waals surface area contributed by atoms with Crippen molar-refractivity contribution >= 4 is 33.3 Å². The van der Waals surface area contributed by atoms with E-state index in [0.29, 0.717) is 19.6 Å². The number of amides is 1. The number of methoxy groups -OCH3 is 1. The Morgan fingerprint density at radius 3 is 2.34 bits per heavy atom. The Hall–Kier alpha value is -3.35. The van der Waals surface area contributed by atoms with Crippen LogP contribution in [0, 0.1) is 10.1 Å². The van der Waals surface area contributed by atoms with Crippen molar-refractivity contribution in [3.63, 3.8) is 0 Å². The zero-order chi connectivity index (χ0) is 23.7. The van der Waals surface area contributed by atoms with Crippen LogP contribution in [0.4, 0.5) is 11.4 Å². The summed E-state index contributed by atoms with van der Waals surface area (Å²) in [5.74, 6) is -1.55. The third-order valence-corrected chi connectivity index (χ3v) is 5.67. The molecule has 2 rings (SSSR count). The minimum Gasteiger partial charge on any atom is -0.465 e. The van der Waals surface area contributed by atoms with E-state index >= 15 is 0 Å². The second-order valence-electron chi connectivity index (χ2n) is 6.44. The van der Waals surface area contributed by atoms with Crippen molar-refractivity contribution in [2.24, 2.45) is 0 Å². The average molecular weight is 465 g/mol. The van der Waals surface area contributed by atoms with E-state index in [1.807, 2.05) is 6.92 Å². The molecule has 0 fully saturated rings. The molecule has 0 aromatic heterocycles. The van der Waals surface area contributed by atoms with Crippen molar-refractivity contribution in [1.82, 2.24) is 4.72 Å². The first-order valence-electron chi connectivity index (χ1n) is 9.54. The van der Waals surface area contributed by atoms with Crippen LogP contribution in [0.15, 0.2) is 47.4 Å². The van der Waals surface area contributed by atoms with Gasteiger partial charge in [0.1, 0.15) is 0 Å². The highest BCUT2D eigenvalue weighted by Gasteiger charge is 2.19. The molecule has 11 nitrogen and oxygen atoms in total. The highest BCUT2D eigenvalue weighted by molar-refractivity contribution is 7.89. The maximum atomic E-state index is 12.5. The lowest BCUT2D eigenvalue weighted by molar-refractivity contribution is -0.384. The van der Waals surface area contributed by atoms with Gasteiger partial charge in [0, 0.05) is 43.1 Å². The van der Waals surface area contributed by atoms with Gasteiger partial charge in [-0.2, -0.15) is 0 Å². The van der Waals surface area contributed by atoms with E-state index in [0.717, 1.165) is 19.2 Å². The summed E-state index contributed by atoms with van der Waals surface area (Å²) in [6, 6.07) is 8.58. The highest BCUT2D eigenvalue weighted by atomic mass is 32.2.